The van der Waals surface area contributed by atoms with Crippen LogP contribution in [0.5, 0.6) is 5.75 Å². The Bertz CT molecular complexity index is 1320. The number of hydrogen-bond donors (Lipinski definition) is 2. The van der Waals surface area contributed by atoms with Crippen LogP contribution in [0.1, 0.15) is 67.4 Å². The van der Waals surface area contributed by atoms with Crippen LogP contribution in [0.15, 0.2) is 59.5 Å². The van der Waals surface area contributed by atoms with Crippen LogP contribution in [0.4, 0.5) is 4.79 Å². The van der Waals surface area contributed by atoms with E-state index in [-0.39, 0.29) is 29.4 Å². The van der Waals surface area contributed by atoms with Crippen molar-refractivity contribution in [2.24, 2.45) is 5.41 Å². The van der Waals surface area contributed by atoms with E-state index in [0.717, 1.165) is 5.56 Å². The number of methoxy groups -OCH3 is 1. The molecule has 0 radical (unpaired) electrons. The van der Waals surface area contributed by atoms with Gasteiger partial charge in [-0.25, -0.2) is 13.2 Å². The van der Waals surface area contributed by atoms with E-state index in [1.54, 1.807) is 32.9 Å². The molecule has 11 heteroatoms. The van der Waals surface area contributed by atoms with Gasteiger partial charge in [-0.3, -0.25) is 0 Å². The van der Waals surface area contributed by atoms with Gasteiger partial charge in [0.25, 0.3) is 0 Å². The predicted molar refractivity (Wildman–Crippen MR) is 183 cm³/mol. The third-order valence-electron chi connectivity index (χ3n) is 8.21. The second kappa shape index (κ2) is 15.4. The zero-order valence-electron chi connectivity index (χ0n) is 29.1. The Morgan fingerprint density at radius 3 is 2.04 bits per heavy atom. The molecule has 0 heterocycles. The number of aliphatic hydroxyl groups is 1. The first kappa shape index (κ1) is 38.7. The molecule has 0 aliphatic rings. The zero-order chi connectivity index (χ0) is 34.3. The number of benzene rings is 2. The molecule has 2 rings (SSSR count). The summed E-state index contributed by atoms with van der Waals surface area (Å²) in [5.41, 5.74) is -0.355. The third-order valence-corrected chi connectivity index (χ3v) is 14.6. The molecule has 0 aliphatic heterocycles. The Morgan fingerprint density at radius 2 is 1.53 bits per heavy atom. The molecular formula is C34H56N2O7SSi. The highest BCUT2D eigenvalue weighted by Crippen LogP contribution is 2.37. The van der Waals surface area contributed by atoms with E-state index in [2.05, 4.69) is 39.2 Å². The molecule has 1 amide bonds. The number of sulfonamides is 1. The molecule has 0 fully saturated rings. The lowest BCUT2D eigenvalue weighted by molar-refractivity contribution is 0.0389. The number of nitrogens with zero attached hydrogens (tertiary/aromatic N) is 1. The average molecular weight is 665 g/mol. The predicted octanol–water partition coefficient (Wildman–Crippen LogP) is 6.62. The Hall–Kier alpha value is -2.44. The van der Waals surface area contributed by atoms with Gasteiger partial charge in [-0.15, -0.1) is 0 Å². The molecule has 2 aromatic rings. The van der Waals surface area contributed by atoms with Crippen LogP contribution in [0, 0.1) is 5.41 Å². The van der Waals surface area contributed by atoms with Crippen LogP contribution in [0.2, 0.25) is 18.1 Å². The molecule has 45 heavy (non-hydrogen) atoms. The van der Waals surface area contributed by atoms with E-state index in [4.69, 9.17) is 13.9 Å². The summed E-state index contributed by atoms with van der Waals surface area (Å²) in [6, 6.07) is 14.8. The first-order chi connectivity index (χ1) is 20.6. The third kappa shape index (κ3) is 12.4. The first-order valence-corrected chi connectivity index (χ1v) is 19.9. The minimum Gasteiger partial charge on any atom is -0.497 e. The number of carbonyl (C=O) groups is 1. The summed E-state index contributed by atoms with van der Waals surface area (Å²) in [5.74, 6) is 0.535. The smallest absolute Gasteiger partial charge is 0.407 e. The second-order valence-electron chi connectivity index (χ2n) is 15.0. The number of hydrogen-bond acceptors (Lipinski definition) is 7. The van der Waals surface area contributed by atoms with Crippen molar-refractivity contribution in [2.75, 3.05) is 26.8 Å². The molecule has 0 spiro atoms. The van der Waals surface area contributed by atoms with E-state index < -0.39 is 47.6 Å². The molecule has 2 aromatic carbocycles. The number of alkyl carbamates (subject to hydrolysis) is 1. The van der Waals surface area contributed by atoms with Gasteiger partial charge in [0.05, 0.1) is 24.2 Å². The fourth-order valence-electron chi connectivity index (χ4n) is 4.45. The van der Waals surface area contributed by atoms with Crippen molar-refractivity contribution in [3.63, 3.8) is 0 Å². The van der Waals surface area contributed by atoms with Crippen LogP contribution in [-0.4, -0.2) is 76.8 Å². The Kier molecular flexibility index (Phi) is 13.3. The van der Waals surface area contributed by atoms with Gasteiger partial charge in [-0.2, -0.15) is 4.31 Å². The van der Waals surface area contributed by atoms with Crippen molar-refractivity contribution in [3.8, 4) is 5.75 Å². The summed E-state index contributed by atoms with van der Waals surface area (Å²) in [5, 5.41) is 14.5. The molecule has 9 nitrogen and oxygen atoms in total. The van der Waals surface area contributed by atoms with Crippen molar-refractivity contribution in [1.82, 2.24) is 9.62 Å². The van der Waals surface area contributed by atoms with Gasteiger partial charge in [-0.05, 0) is 87.0 Å². The van der Waals surface area contributed by atoms with E-state index in [1.807, 2.05) is 44.2 Å². The maximum absolute atomic E-state index is 14.1. The molecule has 2 N–H and O–H groups in total. The Labute approximate surface area is 272 Å². The van der Waals surface area contributed by atoms with Crippen LogP contribution in [0.25, 0.3) is 0 Å². The normalized spacial score (nSPS) is 14.6. The maximum atomic E-state index is 14.1. The Morgan fingerprint density at radius 1 is 0.956 bits per heavy atom. The maximum Gasteiger partial charge on any atom is 0.407 e. The van der Waals surface area contributed by atoms with E-state index in [0.29, 0.717) is 18.8 Å². The summed E-state index contributed by atoms with van der Waals surface area (Å²) in [4.78, 5) is 12.9. The number of amides is 1. The first-order valence-electron chi connectivity index (χ1n) is 15.6. The topological polar surface area (TPSA) is 114 Å². The van der Waals surface area contributed by atoms with E-state index >= 15 is 0 Å². The van der Waals surface area contributed by atoms with Gasteiger partial charge in [0.15, 0.2) is 8.32 Å². The van der Waals surface area contributed by atoms with Crippen molar-refractivity contribution < 1.29 is 32.2 Å². The lowest BCUT2D eigenvalue weighted by Gasteiger charge is -2.38. The highest BCUT2D eigenvalue weighted by Gasteiger charge is 2.39. The minimum absolute atomic E-state index is 0.0555. The molecule has 0 bridgehead atoms. The zero-order valence-corrected chi connectivity index (χ0v) is 31.0. The standard InChI is InChI=1S/C34H56N2O7SSi/c1-32(2,3)43-31(38)35-29(23-26-15-13-12-14-16-26)30(37)24-36(44(39,40)28-19-17-27(41-9)18-20-28)25-34(7,8)21-22-42-45(10,11)33(4,5)6/h12-20,29-30,37H,21-25H2,1-11H3,(H,35,38)/t29-,30+/m0/s1. The van der Waals surface area contributed by atoms with E-state index in [9.17, 15) is 18.3 Å². The SMILES string of the molecule is COc1ccc(S(=O)(=O)N(C[C@@H](O)[C@H](Cc2ccccc2)NC(=O)OC(C)(C)C)CC(C)(C)CCO[Si](C)(C)C(C)(C)C)cc1. The number of aliphatic hydroxyl groups excluding tert-OH is 1. The molecule has 0 saturated carbocycles. The fourth-order valence-corrected chi connectivity index (χ4v) is 7.14. The quantitative estimate of drug-likeness (QED) is 0.206. The van der Waals surface area contributed by atoms with Crippen LogP contribution < -0.4 is 10.1 Å². The number of ether oxygens (including phenoxy) is 2. The van der Waals surface area contributed by atoms with Crippen molar-refractivity contribution in [3.05, 3.63) is 60.2 Å². The second-order valence-corrected chi connectivity index (χ2v) is 21.8. The summed E-state index contributed by atoms with van der Waals surface area (Å²) >= 11 is 0. The van der Waals surface area contributed by atoms with Crippen LogP contribution in [-0.2, 0) is 25.6 Å². The highest BCUT2D eigenvalue weighted by atomic mass is 32.2. The van der Waals surface area contributed by atoms with Gasteiger partial charge in [0, 0.05) is 19.7 Å². The van der Waals surface area contributed by atoms with Gasteiger partial charge < -0.3 is 24.3 Å². The Balaban J connectivity index is 2.41. The van der Waals surface area contributed by atoms with Gasteiger partial charge in [0.2, 0.25) is 10.0 Å². The largest absolute Gasteiger partial charge is 0.497 e. The van der Waals surface area contributed by atoms with E-state index in [1.165, 1.54) is 23.5 Å². The molecule has 0 aliphatic carbocycles. The monoisotopic (exact) mass is 664 g/mol. The van der Waals surface area contributed by atoms with Crippen LogP contribution in [0.3, 0.4) is 0 Å². The summed E-state index contributed by atoms with van der Waals surface area (Å²) < 4.78 is 46.7. The molecule has 254 valence electrons. The summed E-state index contributed by atoms with van der Waals surface area (Å²) in [7, 11) is -4.52. The number of carbonyl (C=O) groups excluding carboxylic acids is 1. The van der Waals surface area contributed by atoms with Crippen LogP contribution >= 0.6 is 0 Å². The lowest BCUT2D eigenvalue weighted by atomic mass is 9.89. The fraction of sp³-hybridized carbons (Fsp3) is 0.618. The molecule has 0 aromatic heterocycles. The number of rotatable bonds is 15. The lowest BCUT2D eigenvalue weighted by Crippen LogP contribution is -2.52. The van der Waals surface area contributed by atoms with Gasteiger partial charge >= 0.3 is 6.09 Å². The molecular weight excluding hydrogens is 609 g/mol. The molecule has 0 saturated heterocycles. The minimum atomic E-state index is -4.05. The van der Waals surface area contributed by atoms with Crippen molar-refractivity contribution in [1.29, 1.82) is 0 Å². The highest BCUT2D eigenvalue weighted by molar-refractivity contribution is 7.89. The summed E-state index contributed by atoms with van der Waals surface area (Å²) in [6.45, 7) is 20.6. The molecule has 2 atom stereocenters. The molecule has 0 unspecified atom stereocenters. The van der Waals surface area contributed by atoms with Gasteiger partial charge in [-0.1, -0.05) is 65.0 Å². The van der Waals surface area contributed by atoms with Crippen molar-refractivity contribution >= 4 is 24.4 Å². The summed E-state index contributed by atoms with van der Waals surface area (Å²) in [6.07, 6.45) is -1.03. The number of nitrogens with one attached hydrogen (secondary N) is 1. The van der Waals surface area contributed by atoms with Crippen molar-refractivity contribution in [2.45, 2.75) is 109 Å². The average Bonchev–Trinajstić information content (AvgIpc) is 2.90. The van der Waals surface area contributed by atoms with Gasteiger partial charge in [0.1, 0.15) is 11.4 Å².